The fraction of sp³-hybridized carbons (Fsp3) is 0.667. The van der Waals surface area contributed by atoms with Crippen LogP contribution in [0.1, 0.15) is 42.4 Å². The fourth-order valence-corrected chi connectivity index (χ4v) is 2.40. The van der Waals surface area contributed by atoms with Gasteiger partial charge in [0.05, 0.1) is 22.9 Å². The molecular weight excluding hydrogens is 314 g/mol. The number of nitrogens with zero attached hydrogens (tertiary/aromatic N) is 1. The maximum Gasteiger partial charge on any atom is 0.272 e. The number of hydrogen-bond donors (Lipinski definition) is 3. The highest BCUT2D eigenvalue weighted by Crippen LogP contribution is 2.25. The molecule has 6 nitrogen and oxygen atoms in total. The number of carbonyl (C=O) groups excluding carboxylic acids is 1. The molecule has 1 rings (SSSR count). The topological polar surface area (TPSA) is 87.2 Å². The Hall–Kier alpha value is -0.920. The molecule has 1 heterocycles. The SMILES string of the molecule is COCC(O)CCNC(=O)c1n[nH]c(C(C)C)c1Br. The Bertz CT molecular complexity index is 420. The maximum absolute atomic E-state index is 11.9. The van der Waals surface area contributed by atoms with Gasteiger partial charge in [-0.1, -0.05) is 13.8 Å². The van der Waals surface area contributed by atoms with Gasteiger partial charge in [-0.05, 0) is 28.3 Å². The third-order valence-electron chi connectivity index (χ3n) is 2.65. The number of aliphatic hydroxyl groups is 1. The van der Waals surface area contributed by atoms with E-state index >= 15 is 0 Å². The first-order valence-corrected chi connectivity index (χ1v) is 6.95. The summed E-state index contributed by atoms with van der Waals surface area (Å²) in [6, 6.07) is 0. The van der Waals surface area contributed by atoms with Crippen molar-refractivity contribution >= 4 is 21.8 Å². The first kappa shape index (κ1) is 16.1. The van der Waals surface area contributed by atoms with Crippen LogP contribution in [0.25, 0.3) is 0 Å². The van der Waals surface area contributed by atoms with Gasteiger partial charge in [0.2, 0.25) is 0 Å². The van der Waals surface area contributed by atoms with E-state index in [-0.39, 0.29) is 18.4 Å². The van der Waals surface area contributed by atoms with Crippen molar-refractivity contribution in [1.29, 1.82) is 0 Å². The van der Waals surface area contributed by atoms with Crippen molar-refractivity contribution in [1.82, 2.24) is 15.5 Å². The molecule has 0 aliphatic heterocycles. The highest BCUT2D eigenvalue weighted by Gasteiger charge is 2.19. The van der Waals surface area contributed by atoms with Crippen molar-refractivity contribution in [3.8, 4) is 0 Å². The Morgan fingerprint density at radius 1 is 1.58 bits per heavy atom. The zero-order valence-corrected chi connectivity index (χ0v) is 13.0. The Morgan fingerprint density at radius 2 is 2.26 bits per heavy atom. The summed E-state index contributed by atoms with van der Waals surface area (Å²) in [7, 11) is 1.52. The highest BCUT2D eigenvalue weighted by molar-refractivity contribution is 9.10. The lowest BCUT2D eigenvalue weighted by molar-refractivity contribution is 0.0587. The maximum atomic E-state index is 11.9. The van der Waals surface area contributed by atoms with Gasteiger partial charge in [0.15, 0.2) is 5.69 Å². The summed E-state index contributed by atoms with van der Waals surface area (Å²) in [6.07, 6.45) is -0.127. The first-order valence-electron chi connectivity index (χ1n) is 6.16. The lowest BCUT2D eigenvalue weighted by Crippen LogP contribution is -2.29. The number of aliphatic hydroxyl groups excluding tert-OH is 1. The van der Waals surface area contributed by atoms with Crippen LogP contribution in [0.3, 0.4) is 0 Å². The van der Waals surface area contributed by atoms with Crippen LogP contribution in [0, 0.1) is 0 Å². The average Bonchev–Trinajstić information content (AvgIpc) is 2.71. The van der Waals surface area contributed by atoms with Crippen LogP contribution in [0.2, 0.25) is 0 Å². The third kappa shape index (κ3) is 4.59. The fourth-order valence-electron chi connectivity index (χ4n) is 1.59. The van der Waals surface area contributed by atoms with Crippen LogP contribution in [-0.4, -0.2) is 47.6 Å². The molecule has 3 N–H and O–H groups in total. The van der Waals surface area contributed by atoms with Gasteiger partial charge in [-0.25, -0.2) is 0 Å². The van der Waals surface area contributed by atoms with E-state index in [4.69, 9.17) is 4.74 Å². The third-order valence-corrected chi connectivity index (χ3v) is 3.45. The molecule has 0 aromatic carbocycles. The summed E-state index contributed by atoms with van der Waals surface area (Å²) in [4.78, 5) is 11.9. The number of hydrogen-bond acceptors (Lipinski definition) is 4. The van der Waals surface area contributed by atoms with E-state index in [0.29, 0.717) is 23.1 Å². The molecule has 0 saturated carbocycles. The Balaban J connectivity index is 2.50. The van der Waals surface area contributed by atoms with E-state index in [1.807, 2.05) is 13.8 Å². The van der Waals surface area contributed by atoms with Gasteiger partial charge in [-0.15, -0.1) is 0 Å². The van der Waals surface area contributed by atoms with Gasteiger partial charge in [-0.2, -0.15) is 5.10 Å². The second kappa shape index (κ2) is 7.62. The number of aromatic amines is 1. The van der Waals surface area contributed by atoms with Gasteiger partial charge < -0.3 is 15.2 Å². The van der Waals surface area contributed by atoms with Gasteiger partial charge >= 0.3 is 0 Å². The van der Waals surface area contributed by atoms with Crippen molar-refractivity contribution in [3.05, 3.63) is 15.9 Å². The lowest BCUT2D eigenvalue weighted by Gasteiger charge is -2.09. The molecule has 1 unspecified atom stereocenters. The van der Waals surface area contributed by atoms with Crippen LogP contribution < -0.4 is 5.32 Å². The Kier molecular flexibility index (Phi) is 6.47. The standard InChI is InChI=1S/C12H20BrN3O3/c1-7(2)10-9(13)11(16-15-10)12(18)14-5-4-8(17)6-19-3/h7-8,17H,4-6H2,1-3H3,(H,14,18)(H,15,16). The zero-order chi connectivity index (χ0) is 14.4. The largest absolute Gasteiger partial charge is 0.391 e. The Labute approximate surface area is 121 Å². The number of halogens is 1. The number of nitrogens with one attached hydrogen (secondary N) is 2. The smallest absolute Gasteiger partial charge is 0.272 e. The zero-order valence-electron chi connectivity index (χ0n) is 11.4. The summed E-state index contributed by atoms with van der Waals surface area (Å²) in [5.74, 6) is -0.00779. The molecule has 0 aliphatic carbocycles. The van der Waals surface area contributed by atoms with Crippen LogP contribution in [0.15, 0.2) is 4.47 Å². The van der Waals surface area contributed by atoms with E-state index in [1.54, 1.807) is 0 Å². The van der Waals surface area contributed by atoms with Gasteiger partial charge in [0, 0.05) is 13.7 Å². The number of rotatable bonds is 7. The number of ether oxygens (including phenoxy) is 1. The highest BCUT2D eigenvalue weighted by atomic mass is 79.9. The summed E-state index contributed by atoms with van der Waals surface area (Å²) < 4.78 is 5.50. The lowest BCUT2D eigenvalue weighted by atomic mass is 10.1. The first-order chi connectivity index (χ1) is 8.97. The second-order valence-corrected chi connectivity index (χ2v) is 5.40. The number of aromatic nitrogens is 2. The summed E-state index contributed by atoms with van der Waals surface area (Å²) >= 11 is 3.37. The van der Waals surface area contributed by atoms with Crippen molar-refractivity contribution < 1.29 is 14.6 Å². The molecule has 1 amide bonds. The number of carbonyl (C=O) groups is 1. The molecule has 108 valence electrons. The van der Waals surface area contributed by atoms with E-state index < -0.39 is 6.10 Å². The average molecular weight is 334 g/mol. The molecule has 0 aliphatic rings. The normalized spacial score (nSPS) is 12.7. The molecule has 1 aromatic heterocycles. The van der Waals surface area contributed by atoms with Gasteiger partial charge in [0.1, 0.15) is 0 Å². The van der Waals surface area contributed by atoms with Crippen molar-refractivity contribution in [2.45, 2.75) is 32.3 Å². The van der Waals surface area contributed by atoms with Gasteiger partial charge in [-0.3, -0.25) is 9.89 Å². The van der Waals surface area contributed by atoms with Crippen LogP contribution in [0.5, 0.6) is 0 Å². The summed E-state index contributed by atoms with van der Waals surface area (Å²) in [5, 5.41) is 19.0. The number of amides is 1. The summed E-state index contributed by atoms with van der Waals surface area (Å²) in [5.41, 5.74) is 1.23. The number of H-pyrrole nitrogens is 1. The minimum atomic E-state index is -0.570. The van der Waals surface area contributed by atoms with Crippen molar-refractivity contribution in [2.24, 2.45) is 0 Å². The molecule has 0 bridgehead atoms. The molecule has 0 radical (unpaired) electrons. The van der Waals surface area contributed by atoms with E-state index in [0.717, 1.165) is 5.69 Å². The minimum absolute atomic E-state index is 0.256. The van der Waals surface area contributed by atoms with Crippen molar-refractivity contribution in [3.63, 3.8) is 0 Å². The molecule has 19 heavy (non-hydrogen) atoms. The predicted octanol–water partition coefficient (Wildman–Crippen LogP) is 1.42. The molecule has 0 spiro atoms. The summed E-state index contributed by atoms with van der Waals surface area (Å²) in [6.45, 7) is 4.67. The van der Waals surface area contributed by atoms with E-state index in [9.17, 15) is 9.90 Å². The quantitative estimate of drug-likeness (QED) is 0.704. The number of methoxy groups -OCH3 is 1. The monoisotopic (exact) mass is 333 g/mol. The van der Waals surface area contributed by atoms with Crippen LogP contribution >= 0.6 is 15.9 Å². The molecule has 1 aromatic rings. The molecule has 7 heteroatoms. The van der Waals surface area contributed by atoms with Gasteiger partial charge in [0.25, 0.3) is 5.91 Å². The molecule has 0 fully saturated rings. The van der Waals surface area contributed by atoms with E-state index in [2.05, 4.69) is 31.4 Å². The predicted molar refractivity (Wildman–Crippen MR) is 75.2 cm³/mol. The second-order valence-electron chi connectivity index (χ2n) is 4.61. The van der Waals surface area contributed by atoms with Crippen LogP contribution in [-0.2, 0) is 4.74 Å². The van der Waals surface area contributed by atoms with Crippen molar-refractivity contribution in [2.75, 3.05) is 20.3 Å². The van der Waals surface area contributed by atoms with Crippen LogP contribution in [0.4, 0.5) is 0 Å². The minimum Gasteiger partial charge on any atom is -0.391 e. The molecule has 0 saturated heterocycles. The van der Waals surface area contributed by atoms with E-state index in [1.165, 1.54) is 7.11 Å². The molecular formula is C12H20BrN3O3. The Morgan fingerprint density at radius 3 is 2.79 bits per heavy atom. The molecule has 1 atom stereocenters.